The summed E-state index contributed by atoms with van der Waals surface area (Å²) < 4.78 is 25.9. The molecule has 1 amide bonds. The van der Waals surface area contributed by atoms with Crippen molar-refractivity contribution in [3.63, 3.8) is 0 Å². The summed E-state index contributed by atoms with van der Waals surface area (Å²) >= 11 is 0. The number of piperidine rings is 1. The number of rotatable bonds is 5. The Bertz CT molecular complexity index is 1100. The Morgan fingerprint density at radius 3 is 2.84 bits per heavy atom. The second-order valence-corrected chi connectivity index (χ2v) is 8.90. The SMILES string of the molecule is CC(CF)n1ncc2ccc(-c3noc(C4CCN(C(=O)OC5(C)CC5)CC4)n3)cc21. The van der Waals surface area contributed by atoms with Crippen molar-refractivity contribution in [1.82, 2.24) is 24.8 Å². The first-order chi connectivity index (χ1) is 15.0. The highest BCUT2D eigenvalue weighted by Crippen LogP contribution is 2.39. The Kier molecular flexibility index (Phi) is 4.91. The number of hydrogen-bond donors (Lipinski definition) is 0. The van der Waals surface area contributed by atoms with Crippen LogP contribution >= 0.6 is 0 Å². The molecular formula is C22H26FN5O3. The molecule has 0 bridgehead atoms. The fraction of sp³-hybridized carbons (Fsp3) is 0.545. The van der Waals surface area contributed by atoms with Crippen molar-refractivity contribution in [3.05, 3.63) is 30.3 Å². The van der Waals surface area contributed by atoms with Crippen molar-refractivity contribution in [1.29, 1.82) is 0 Å². The Labute approximate surface area is 179 Å². The van der Waals surface area contributed by atoms with E-state index in [0.717, 1.165) is 42.1 Å². The first-order valence-electron chi connectivity index (χ1n) is 10.8. The van der Waals surface area contributed by atoms with E-state index in [-0.39, 0.29) is 23.7 Å². The van der Waals surface area contributed by atoms with Crippen molar-refractivity contribution in [2.45, 2.75) is 57.1 Å². The summed E-state index contributed by atoms with van der Waals surface area (Å²) in [6.07, 6.45) is 4.91. The van der Waals surface area contributed by atoms with Gasteiger partial charge in [-0.25, -0.2) is 9.18 Å². The number of hydrogen-bond acceptors (Lipinski definition) is 6. The molecule has 0 N–H and O–H groups in total. The number of carbonyl (C=O) groups excluding carboxylic acids is 1. The molecule has 2 fully saturated rings. The summed E-state index contributed by atoms with van der Waals surface area (Å²) in [5.41, 5.74) is 1.38. The van der Waals surface area contributed by atoms with Crippen molar-refractivity contribution >= 4 is 17.0 Å². The standard InChI is InChI=1S/C22H26FN5O3/c1-14(12-23)28-18-11-16(3-4-17(18)13-24-28)19-25-20(31-26-19)15-5-9-27(10-6-15)21(29)30-22(2)7-8-22/h3-4,11,13-15H,5-10,12H2,1-2H3. The van der Waals surface area contributed by atoms with Crippen LogP contribution in [0.4, 0.5) is 9.18 Å². The maximum Gasteiger partial charge on any atom is 0.410 e. The number of alkyl halides is 1. The minimum absolute atomic E-state index is 0.114. The maximum atomic E-state index is 13.1. The monoisotopic (exact) mass is 427 g/mol. The lowest BCUT2D eigenvalue weighted by Gasteiger charge is -2.30. The molecule has 164 valence electrons. The zero-order valence-corrected chi connectivity index (χ0v) is 17.8. The second-order valence-electron chi connectivity index (χ2n) is 8.90. The van der Waals surface area contributed by atoms with E-state index in [2.05, 4.69) is 15.2 Å². The smallest absolute Gasteiger partial charge is 0.410 e. The van der Waals surface area contributed by atoms with Crippen molar-refractivity contribution in [2.24, 2.45) is 0 Å². The van der Waals surface area contributed by atoms with E-state index in [1.807, 2.05) is 25.1 Å². The Hall–Kier alpha value is -2.97. The number of ether oxygens (including phenoxy) is 1. The summed E-state index contributed by atoms with van der Waals surface area (Å²) in [4.78, 5) is 18.7. The van der Waals surface area contributed by atoms with Crippen LogP contribution < -0.4 is 0 Å². The van der Waals surface area contributed by atoms with Gasteiger partial charge in [0.1, 0.15) is 12.3 Å². The molecule has 2 aliphatic rings. The second kappa shape index (κ2) is 7.62. The maximum absolute atomic E-state index is 13.1. The third kappa shape index (κ3) is 3.88. The minimum atomic E-state index is -0.487. The van der Waals surface area contributed by atoms with Gasteiger partial charge < -0.3 is 14.2 Å². The van der Waals surface area contributed by atoms with Crippen LogP contribution in [0.1, 0.15) is 57.4 Å². The number of halogens is 1. The van der Waals surface area contributed by atoms with Crippen LogP contribution in [-0.4, -0.2) is 56.3 Å². The highest BCUT2D eigenvalue weighted by atomic mass is 19.1. The normalized spacial score (nSPS) is 19.5. The average Bonchev–Trinajstić information content (AvgIpc) is 3.19. The Morgan fingerprint density at radius 1 is 1.35 bits per heavy atom. The van der Waals surface area contributed by atoms with Crippen LogP contribution in [0, 0.1) is 0 Å². The summed E-state index contributed by atoms with van der Waals surface area (Å²) in [5.74, 6) is 1.20. The number of amides is 1. The van der Waals surface area contributed by atoms with Gasteiger partial charge in [-0.05, 0) is 45.6 Å². The van der Waals surface area contributed by atoms with Gasteiger partial charge in [0.05, 0.1) is 17.8 Å². The molecule has 3 heterocycles. The highest BCUT2D eigenvalue weighted by molar-refractivity contribution is 5.83. The highest BCUT2D eigenvalue weighted by Gasteiger charge is 2.43. The van der Waals surface area contributed by atoms with Crippen LogP contribution in [-0.2, 0) is 4.74 Å². The molecule has 8 nitrogen and oxygen atoms in total. The van der Waals surface area contributed by atoms with E-state index in [1.54, 1.807) is 22.7 Å². The van der Waals surface area contributed by atoms with Gasteiger partial charge in [0.2, 0.25) is 11.7 Å². The van der Waals surface area contributed by atoms with E-state index in [0.29, 0.717) is 24.8 Å². The first kappa shape index (κ1) is 20.0. The van der Waals surface area contributed by atoms with E-state index in [4.69, 9.17) is 9.26 Å². The lowest BCUT2D eigenvalue weighted by atomic mass is 9.97. The van der Waals surface area contributed by atoms with E-state index < -0.39 is 6.67 Å². The quantitative estimate of drug-likeness (QED) is 0.597. The number of benzene rings is 1. The van der Waals surface area contributed by atoms with E-state index in [9.17, 15) is 9.18 Å². The molecule has 1 aliphatic carbocycles. The molecule has 1 saturated heterocycles. The largest absolute Gasteiger partial charge is 0.443 e. The van der Waals surface area contributed by atoms with Crippen LogP contribution in [0.3, 0.4) is 0 Å². The summed E-state index contributed by atoms with van der Waals surface area (Å²) in [5, 5.41) is 9.40. The van der Waals surface area contributed by atoms with Crippen molar-refractivity contribution < 1.29 is 18.4 Å². The average molecular weight is 427 g/mol. The number of nitrogens with zero attached hydrogens (tertiary/aromatic N) is 5. The van der Waals surface area contributed by atoms with E-state index in [1.165, 1.54) is 0 Å². The van der Waals surface area contributed by atoms with Crippen LogP contribution in [0.2, 0.25) is 0 Å². The lowest BCUT2D eigenvalue weighted by Crippen LogP contribution is -2.39. The predicted octanol–water partition coefficient (Wildman–Crippen LogP) is 4.49. The van der Waals surface area contributed by atoms with Gasteiger partial charge in [-0.2, -0.15) is 10.1 Å². The van der Waals surface area contributed by atoms with Crippen molar-refractivity contribution in [2.75, 3.05) is 19.8 Å². The Morgan fingerprint density at radius 2 is 2.13 bits per heavy atom. The van der Waals surface area contributed by atoms with E-state index >= 15 is 0 Å². The first-order valence-corrected chi connectivity index (χ1v) is 10.8. The molecule has 1 aliphatic heterocycles. The van der Waals surface area contributed by atoms with Gasteiger partial charge in [0, 0.05) is 30.0 Å². The number of aromatic nitrogens is 4. The lowest BCUT2D eigenvalue weighted by molar-refractivity contribution is 0.0510. The predicted molar refractivity (Wildman–Crippen MR) is 111 cm³/mol. The molecule has 1 saturated carbocycles. The van der Waals surface area contributed by atoms with Crippen LogP contribution in [0.25, 0.3) is 22.3 Å². The van der Waals surface area contributed by atoms with Gasteiger partial charge >= 0.3 is 6.09 Å². The fourth-order valence-electron chi connectivity index (χ4n) is 3.97. The molecule has 1 atom stereocenters. The number of fused-ring (bicyclic) bond motifs is 1. The Balaban J connectivity index is 1.28. The zero-order valence-electron chi connectivity index (χ0n) is 17.8. The summed E-state index contributed by atoms with van der Waals surface area (Å²) in [6, 6.07) is 5.42. The van der Waals surface area contributed by atoms with Crippen molar-refractivity contribution in [3.8, 4) is 11.4 Å². The summed E-state index contributed by atoms with van der Waals surface area (Å²) in [7, 11) is 0. The fourth-order valence-corrected chi connectivity index (χ4v) is 3.97. The number of likely N-dealkylation sites (tertiary alicyclic amines) is 1. The summed E-state index contributed by atoms with van der Waals surface area (Å²) in [6.45, 7) is 4.50. The molecule has 1 aromatic carbocycles. The minimum Gasteiger partial charge on any atom is -0.443 e. The van der Waals surface area contributed by atoms with Crippen LogP contribution in [0.15, 0.2) is 28.9 Å². The molecule has 5 rings (SSSR count). The van der Waals surface area contributed by atoms with Gasteiger partial charge in [0.15, 0.2) is 0 Å². The third-order valence-electron chi connectivity index (χ3n) is 6.33. The van der Waals surface area contributed by atoms with Gasteiger partial charge in [-0.15, -0.1) is 0 Å². The molecule has 0 spiro atoms. The van der Waals surface area contributed by atoms with Gasteiger partial charge in [0.25, 0.3) is 0 Å². The molecular weight excluding hydrogens is 401 g/mol. The molecule has 0 radical (unpaired) electrons. The van der Waals surface area contributed by atoms with Gasteiger partial charge in [-0.3, -0.25) is 4.68 Å². The third-order valence-corrected chi connectivity index (χ3v) is 6.33. The zero-order chi connectivity index (χ0) is 21.6. The molecule has 31 heavy (non-hydrogen) atoms. The molecule has 3 aromatic rings. The topological polar surface area (TPSA) is 86.3 Å². The molecule has 9 heteroatoms. The van der Waals surface area contributed by atoms with Gasteiger partial charge in [-0.1, -0.05) is 17.3 Å². The molecule has 1 unspecified atom stereocenters. The van der Waals surface area contributed by atoms with Crippen LogP contribution in [0.5, 0.6) is 0 Å². The number of carbonyl (C=O) groups is 1. The molecule has 2 aromatic heterocycles.